The SMILES string of the molecule is COC12CC3CC(C1)C(NC(=O)c1ccc(N4C[C@@H]5C(C(=O)O)[C@@H]5C4)nc1OCCC(C)C)C(C3)C2. The van der Waals surface area contributed by atoms with E-state index in [1.54, 1.807) is 0 Å². The average Bonchev–Trinajstić information content (AvgIpc) is 3.35. The molecule has 8 heteroatoms. The number of rotatable bonds is 9. The van der Waals surface area contributed by atoms with Crippen LogP contribution in [0.15, 0.2) is 12.1 Å². The predicted octanol–water partition coefficient (Wildman–Crippen LogP) is 3.60. The summed E-state index contributed by atoms with van der Waals surface area (Å²) >= 11 is 0. The van der Waals surface area contributed by atoms with E-state index in [1.807, 2.05) is 19.2 Å². The van der Waals surface area contributed by atoms with Crippen molar-refractivity contribution in [3.63, 3.8) is 0 Å². The topological polar surface area (TPSA) is 101 Å². The third-order valence-corrected chi connectivity index (χ3v) is 9.78. The summed E-state index contributed by atoms with van der Waals surface area (Å²) in [5.74, 6) is 2.69. The summed E-state index contributed by atoms with van der Waals surface area (Å²) in [6, 6.07) is 3.91. The van der Waals surface area contributed by atoms with Crippen LogP contribution in [0.4, 0.5) is 5.82 Å². The summed E-state index contributed by atoms with van der Waals surface area (Å²) in [6.07, 6.45) is 6.47. The lowest BCUT2D eigenvalue weighted by Gasteiger charge is -2.59. The van der Waals surface area contributed by atoms with Crippen LogP contribution in [0.1, 0.15) is 62.7 Å². The van der Waals surface area contributed by atoms with Crippen molar-refractivity contribution in [2.45, 2.75) is 64.0 Å². The molecule has 1 aromatic heterocycles. The van der Waals surface area contributed by atoms with Gasteiger partial charge in [-0.25, -0.2) is 0 Å². The van der Waals surface area contributed by atoms with Crippen LogP contribution >= 0.6 is 0 Å². The monoisotopic (exact) mass is 497 g/mol. The van der Waals surface area contributed by atoms with E-state index in [1.165, 1.54) is 19.3 Å². The van der Waals surface area contributed by atoms with Gasteiger partial charge in [0.2, 0.25) is 5.88 Å². The van der Waals surface area contributed by atoms with E-state index in [2.05, 4.69) is 24.1 Å². The number of hydrogen-bond acceptors (Lipinski definition) is 6. The maximum atomic E-state index is 13.6. The van der Waals surface area contributed by atoms with Crippen LogP contribution in [0.2, 0.25) is 0 Å². The van der Waals surface area contributed by atoms with Crippen molar-refractivity contribution in [2.24, 2.45) is 41.4 Å². The molecule has 0 radical (unpaired) electrons. The number of carboxylic acids is 1. The third-order valence-electron chi connectivity index (χ3n) is 9.78. The van der Waals surface area contributed by atoms with Gasteiger partial charge in [-0.2, -0.15) is 4.98 Å². The largest absolute Gasteiger partial charge is 0.481 e. The van der Waals surface area contributed by atoms with Gasteiger partial charge in [0.25, 0.3) is 5.91 Å². The minimum absolute atomic E-state index is 0.0160. The molecule has 7 rings (SSSR count). The van der Waals surface area contributed by atoms with Gasteiger partial charge < -0.3 is 24.8 Å². The van der Waals surface area contributed by atoms with Crippen LogP contribution in [0.3, 0.4) is 0 Å². The third kappa shape index (κ3) is 4.15. The Morgan fingerprint density at radius 2 is 1.86 bits per heavy atom. The first-order chi connectivity index (χ1) is 17.3. The highest BCUT2D eigenvalue weighted by Crippen LogP contribution is 2.57. The molecule has 3 unspecified atom stereocenters. The van der Waals surface area contributed by atoms with Gasteiger partial charge in [-0.3, -0.25) is 9.59 Å². The number of methoxy groups -OCH3 is 1. The van der Waals surface area contributed by atoms with Crippen molar-refractivity contribution in [3.8, 4) is 5.88 Å². The van der Waals surface area contributed by atoms with Gasteiger partial charge in [-0.15, -0.1) is 0 Å². The number of anilines is 1. The van der Waals surface area contributed by atoms with Crippen LogP contribution in [-0.4, -0.2) is 60.4 Å². The Morgan fingerprint density at radius 3 is 2.47 bits per heavy atom. The first-order valence-electron chi connectivity index (χ1n) is 13.7. The van der Waals surface area contributed by atoms with Gasteiger partial charge >= 0.3 is 5.97 Å². The lowest BCUT2D eigenvalue weighted by Crippen LogP contribution is -2.62. The van der Waals surface area contributed by atoms with E-state index >= 15 is 0 Å². The molecular formula is C28H39N3O5. The Kier molecular flexibility index (Phi) is 5.93. The standard InChI is InChI=1S/C28H39N3O5/c1-15(2)6-7-36-26-19(4-5-22(29-26)31-13-20-21(14-31)23(20)27(33)34)25(32)30-24-17-8-16-9-18(24)12-28(10-16,11-17)35-3/h4-5,15-18,20-21,23-24H,6-14H2,1-3H3,(H,30,32)(H,33,34)/t16?,17?,18?,20-,21+,23?,24?,28?. The normalized spacial score (nSPS) is 37.8. The summed E-state index contributed by atoms with van der Waals surface area (Å²) < 4.78 is 12.1. The predicted molar refractivity (Wildman–Crippen MR) is 134 cm³/mol. The Morgan fingerprint density at radius 1 is 1.17 bits per heavy atom. The fourth-order valence-corrected chi connectivity index (χ4v) is 8.03. The molecule has 8 nitrogen and oxygen atoms in total. The maximum Gasteiger partial charge on any atom is 0.307 e. The molecule has 6 fully saturated rings. The number of piperidine rings is 1. The van der Waals surface area contributed by atoms with Crippen molar-refractivity contribution < 1.29 is 24.2 Å². The van der Waals surface area contributed by atoms with E-state index in [0.717, 1.165) is 31.0 Å². The van der Waals surface area contributed by atoms with Crippen molar-refractivity contribution in [1.29, 1.82) is 0 Å². The Hall–Kier alpha value is -2.35. The van der Waals surface area contributed by atoms with Gasteiger partial charge in [0.1, 0.15) is 11.4 Å². The number of carbonyl (C=O) groups is 2. The van der Waals surface area contributed by atoms with Crippen LogP contribution in [0, 0.1) is 41.4 Å². The highest BCUT2D eigenvalue weighted by molar-refractivity contribution is 5.97. The molecule has 1 aliphatic heterocycles. The molecule has 2 N–H and O–H groups in total. The molecule has 4 bridgehead atoms. The molecule has 5 atom stereocenters. The van der Waals surface area contributed by atoms with Gasteiger partial charge in [0.15, 0.2) is 0 Å². The van der Waals surface area contributed by atoms with Gasteiger partial charge in [0, 0.05) is 26.2 Å². The molecule has 1 saturated heterocycles. The van der Waals surface area contributed by atoms with Gasteiger partial charge in [0.05, 0.1) is 18.1 Å². The molecule has 6 aliphatic rings. The first-order valence-corrected chi connectivity index (χ1v) is 13.7. The smallest absolute Gasteiger partial charge is 0.307 e. The fourth-order valence-electron chi connectivity index (χ4n) is 8.03. The molecule has 36 heavy (non-hydrogen) atoms. The Bertz CT molecular complexity index is 1020. The summed E-state index contributed by atoms with van der Waals surface area (Å²) in [7, 11) is 1.85. The average molecular weight is 498 g/mol. The summed E-state index contributed by atoms with van der Waals surface area (Å²) in [4.78, 5) is 31.8. The fraction of sp³-hybridized carbons (Fsp3) is 0.750. The number of fused-ring (bicyclic) bond motifs is 1. The van der Waals surface area contributed by atoms with Crippen LogP contribution in [-0.2, 0) is 9.53 Å². The zero-order valence-corrected chi connectivity index (χ0v) is 21.6. The molecular weight excluding hydrogens is 458 g/mol. The number of carboxylic acid groups (broad SMARTS) is 1. The molecule has 2 heterocycles. The van der Waals surface area contributed by atoms with Crippen LogP contribution < -0.4 is 15.0 Å². The minimum atomic E-state index is -0.691. The molecule has 1 aromatic rings. The highest BCUT2D eigenvalue weighted by atomic mass is 16.5. The summed E-state index contributed by atoms with van der Waals surface area (Å²) in [5.41, 5.74) is 0.507. The zero-order valence-electron chi connectivity index (χ0n) is 21.6. The van der Waals surface area contributed by atoms with Crippen LogP contribution in [0.25, 0.3) is 0 Å². The quantitative estimate of drug-likeness (QED) is 0.538. The summed E-state index contributed by atoms with van der Waals surface area (Å²) in [6.45, 7) is 6.19. The molecule has 0 aromatic carbocycles. The molecule has 1 amide bonds. The maximum absolute atomic E-state index is 13.6. The summed E-state index contributed by atoms with van der Waals surface area (Å²) in [5, 5.41) is 12.7. The van der Waals surface area contributed by atoms with E-state index in [9.17, 15) is 14.7 Å². The second-order valence-electron chi connectivity index (χ2n) is 12.5. The van der Waals surface area contributed by atoms with E-state index in [-0.39, 0.29) is 35.3 Å². The number of nitrogens with zero attached hydrogens (tertiary/aromatic N) is 2. The molecule has 0 spiro atoms. The first kappa shape index (κ1) is 24.0. The lowest BCUT2D eigenvalue weighted by molar-refractivity contribution is -0.156. The number of nitrogens with one attached hydrogen (secondary N) is 1. The number of pyridine rings is 1. The molecule has 5 saturated carbocycles. The van der Waals surface area contributed by atoms with Gasteiger partial charge in [-0.1, -0.05) is 13.8 Å². The number of aromatic nitrogens is 1. The van der Waals surface area contributed by atoms with E-state index in [0.29, 0.717) is 48.9 Å². The Labute approximate surface area is 213 Å². The van der Waals surface area contributed by atoms with Crippen molar-refractivity contribution >= 4 is 17.7 Å². The zero-order chi connectivity index (χ0) is 25.2. The minimum Gasteiger partial charge on any atom is -0.481 e. The lowest BCUT2D eigenvalue weighted by atomic mass is 9.52. The van der Waals surface area contributed by atoms with Crippen molar-refractivity contribution in [3.05, 3.63) is 17.7 Å². The van der Waals surface area contributed by atoms with Crippen molar-refractivity contribution in [1.82, 2.24) is 10.3 Å². The van der Waals surface area contributed by atoms with E-state index < -0.39 is 5.97 Å². The number of ether oxygens (including phenoxy) is 2. The number of hydrogen-bond donors (Lipinski definition) is 2. The second kappa shape index (κ2) is 8.89. The molecule has 196 valence electrons. The molecule has 5 aliphatic carbocycles. The number of carbonyl (C=O) groups excluding carboxylic acids is 1. The van der Waals surface area contributed by atoms with Gasteiger partial charge in [-0.05, 0) is 86.2 Å². The number of amides is 1. The van der Waals surface area contributed by atoms with Crippen molar-refractivity contribution in [2.75, 3.05) is 31.7 Å². The second-order valence-corrected chi connectivity index (χ2v) is 12.5. The Balaban J connectivity index is 1.18. The number of aliphatic carboxylic acids is 1. The highest BCUT2D eigenvalue weighted by Gasteiger charge is 2.60. The van der Waals surface area contributed by atoms with Crippen LogP contribution in [0.5, 0.6) is 5.88 Å². The van der Waals surface area contributed by atoms with E-state index in [4.69, 9.17) is 14.5 Å².